The number of benzene rings is 1. The smallest absolute Gasteiger partial charge is 0.132 e. The Morgan fingerprint density at radius 2 is 2.00 bits per heavy atom. The van der Waals surface area contributed by atoms with Crippen LogP contribution in [0.25, 0.3) is 10.9 Å². The molecule has 0 atom stereocenters. The van der Waals surface area contributed by atoms with Gasteiger partial charge in [-0.05, 0) is 18.9 Å². The first kappa shape index (κ1) is 7.92. The number of rotatable bonds is 1. The maximum atomic E-state index is 4.59. The third-order valence-electron chi connectivity index (χ3n) is 2.98. The summed E-state index contributed by atoms with van der Waals surface area (Å²) in [5.41, 5.74) is 1.07. The molecule has 0 saturated heterocycles. The van der Waals surface area contributed by atoms with Gasteiger partial charge in [-0.1, -0.05) is 24.6 Å². The highest BCUT2D eigenvalue weighted by molar-refractivity contribution is 5.77. The van der Waals surface area contributed by atoms with Gasteiger partial charge in [0.15, 0.2) is 0 Å². The molecular weight excluding hydrogens is 172 g/mol. The van der Waals surface area contributed by atoms with Crippen molar-refractivity contribution in [2.24, 2.45) is 0 Å². The van der Waals surface area contributed by atoms with E-state index in [9.17, 15) is 0 Å². The molecule has 0 N–H and O–H groups in total. The van der Waals surface area contributed by atoms with Crippen LogP contribution in [0.2, 0.25) is 0 Å². The zero-order valence-electron chi connectivity index (χ0n) is 7.98. The van der Waals surface area contributed by atoms with Gasteiger partial charge in [-0.2, -0.15) is 0 Å². The maximum absolute atomic E-state index is 4.59. The second-order valence-electron chi connectivity index (χ2n) is 3.91. The highest BCUT2D eigenvalue weighted by atomic mass is 14.9. The van der Waals surface area contributed by atoms with Gasteiger partial charge in [-0.3, -0.25) is 0 Å². The van der Waals surface area contributed by atoms with Crippen LogP contribution >= 0.6 is 0 Å². The summed E-state index contributed by atoms with van der Waals surface area (Å²) in [5.74, 6) is 1.66. The highest BCUT2D eigenvalue weighted by Gasteiger charge is 2.21. The van der Waals surface area contributed by atoms with Crippen LogP contribution in [-0.4, -0.2) is 9.97 Å². The van der Waals surface area contributed by atoms with Crippen LogP contribution in [0, 0.1) is 0 Å². The predicted octanol–water partition coefficient (Wildman–Crippen LogP) is 2.90. The molecule has 70 valence electrons. The van der Waals surface area contributed by atoms with Crippen LogP contribution in [-0.2, 0) is 0 Å². The second-order valence-corrected chi connectivity index (χ2v) is 3.91. The molecule has 1 aliphatic carbocycles. The average molecular weight is 184 g/mol. The number of aromatic nitrogens is 2. The zero-order chi connectivity index (χ0) is 9.38. The van der Waals surface area contributed by atoms with Gasteiger partial charge in [0.1, 0.15) is 5.82 Å². The molecule has 0 radical (unpaired) electrons. The Morgan fingerprint density at radius 3 is 2.79 bits per heavy atom. The number of hydrogen-bond acceptors (Lipinski definition) is 2. The van der Waals surface area contributed by atoms with Crippen molar-refractivity contribution >= 4 is 10.9 Å². The van der Waals surface area contributed by atoms with Crippen molar-refractivity contribution in [3.8, 4) is 0 Å². The van der Waals surface area contributed by atoms with E-state index in [1.165, 1.54) is 19.3 Å². The van der Waals surface area contributed by atoms with Crippen molar-refractivity contribution in [2.75, 3.05) is 0 Å². The second kappa shape index (κ2) is 3.05. The summed E-state index contributed by atoms with van der Waals surface area (Å²) in [6.07, 6.45) is 5.80. The third kappa shape index (κ3) is 1.18. The normalized spacial score (nSPS) is 16.9. The fourth-order valence-electron chi connectivity index (χ4n) is 1.85. The summed E-state index contributed by atoms with van der Waals surface area (Å²) in [6, 6.07) is 8.16. The molecule has 1 aromatic heterocycles. The topological polar surface area (TPSA) is 25.8 Å². The first-order valence-electron chi connectivity index (χ1n) is 5.15. The van der Waals surface area contributed by atoms with E-state index in [4.69, 9.17) is 0 Å². The summed E-state index contributed by atoms with van der Waals surface area (Å²) >= 11 is 0. The van der Waals surface area contributed by atoms with E-state index < -0.39 is 0 Å². The Bertz CT molecular complexity index is 461. The summed E-state index contributed by atoms with van der Waals surface area (Å²) < 4.78 is 0. The minimum atomic E-state index is 0.625. The molecule has 1 fully saturated rings. The molecule has 0 aliphatic heterocycles. The summed E-state index contributed by atoms with van der Waals surface area (Å²) in [5, 5.41) is 1.13. The SMILES string of the molecule is c1ccc2nc(C3CCC3)ncc2c1. The van der Waals surface area contributed by atoms with Crippen LogP contribution in [0.3, 0.4) is 0 Å². The number of hydrogen-bond donors (Lipinski definition) is 0. The van der Waals surface area contributed by atoms with Crippen molar-refractivity contribution in [1.82, 2.24) is 9.97 Å². The molecule has 1 aromatic carbocycles. The Morgan fingerprint density at radius 1 is 1.14 bits per heavy atom. The summed E-state index contributed by atoms with van der Waals surface area (Å²) in [6.45, 7) is 0. The van der Waals surface area contributed by atoms with Gasteiger partial charge in [0.05, 0.1) is 5.52 Å². The Labute approximate surface area is 83.0 Å². The van der Waals surface area contributed by atoms with Crippen molar-refractivity contribution in [3.63, 3.8) is 0 Å². The lowest BCUT2D eigenvalue weighted by Crippen LogP contribution is -2.12. The first-order chi connectivity index (χ1) is 6.93. The van der Waals surface area contributed by atoms with Gasteiger partial charge in [-0.25, -0.2) is 9.97 Å². The summed E-state index contributed by atoms with van der Waals surface area (Å²) in [4.78, 5) is 9.00. The van der Waals surface area contributed by atoms with Crippen LogP contribution in [0.1, 0.15) is 31.0 Å². The van der Waals surface area contributed by atoms with E-state index in [2.05, 4.69) is 22.1 Å². The molecule has 14 heavy (non-hydrogen) atoms. The molecule has 3 rings (SSSR count). The lowest BCUT2D eigenvalue weighted by molar-refractivity contribution is 0.402. The predicted molar refractivity (Wildman–Crippen MR) is 56.1 cm³/mol. The number of para-hydroxylation sites is 1. The van der Waals surface area contributed by atoms with E-state index in [0.717, 1.165) is 16.7 Å². The van der Waals surface area contributed by atoms with Gasteiger partial charge < -0.3 is 0 Å². The largest absolute Gasteiger partial charge is 0.240 e. The van der Waals surface area contributed by atoms with Crippen molar-refractivity contribution in [2.45, 2.75) is 25.2 Å². The van der Waals surface area contributed by atoms with Crippen LogP contribution in [0.5, 0.6) is 0 Å². The third-order valence-corrected chi connectivity index (χ3v) is 2.98. The highest BCUT2D eigenvalue weighted by Crippen LogP contribution is 2.34. The lowest BCUT2D eigenvalue weighted by Gasteiger charge is -2.23. The molecule has 2 heteroatoms. The van der Waals surface area contributed by atoms with Crippen molar-refractivity contribution < 1.29 is 0 Å². The molecule has 0 spiro atoms. The van der Waals surface area contributed by atoms with Crippen molar-refractivity contribution in [1.29, 1.82) is 0 Å². The van der Waals surface area contributed by atoms with E-state index in [0.29, 0.717) is 5.92 Å². The molecule has 0 unspecified atom stereocenters. The molecule has 1 heterocycles. The molecule has 1 aliphatic rings. The molecule has 2 aromatic rings. The lowest BCUT2D eigenvalue weighted by atomic mass is 9.85. The van der Waals surface area contributed by atoms with E-state index in [-0.39, 0.29) is 0 Å². The first-order valence-corrected chi connectivity index (χ1v) is 5.15. The van der Waals surface area contributed by atoms with Gasteiger partial charge in [0.2, 0.25) is 0 Å². The number of fused-ring (bicyclic) bond motifs is 1. The molecule has 1 saturated carbocycles. The molecule has 2 nitrogen and oxygen atoms in total. The van der Waals surface area contributed by atoms with E-state index in [1.807, 2.05) is 18.3 Å². The molecule has 0 amide bonds. The minimum absolute atomic E-state index is 0.625. The minimum Gasteiger partial charge on any atom is -0.240 e. The van der Waals surface area contributed by atoms with E-state index >= 15 is 0 Å². The van der Waals surface area contributed by atoms with Gasteiger partial charge in [-0.15, -0.1) is 0 Å². The zero-order valence-corrected chi connectivity index (χ0v) is 7.98. The fraction of sp³-hybridized carbons (Fsp3) is 0.333. The maximum Gasteiger partial charge on any atom is 0.132 e. The van der Waals surface area contributed by atoms with Crippen molar-refractivity contribution in [3.05, 3.63) is 36.3 Å². The van der Waals surface area contributed by atoms with Gasteiger partial charge >= 0.3 is 0 Å². The van der Waals surface area contributed by atoms with Gasteiger partial charge in [0, 0.05) is 17.5 Å². The summed E-state index contributed by atoms with van der Waals surface area (Å²) in [7, 11) is 0. The fourth-order valence-corrected chi connectivity index (χ4v) is 1.85. The number of nitrogens with zero attached hydrogens (tertiary/aromatic N) is 2. The molecular formula is C12H12N2. The molecule has 0 bridgehead atoms. The Hall–Kier alpha value is -1.44. The van der Waals surface area contributed by atoms with E-state index in [1.54, 1.807) is 0 Å². The van der Waals surface area contributed by atoms with Crippen LogP contribution in [0.15, 0.2) is 30.5 Å². The average Bonchev–Trinajstić information content (AvgIpc) is 2.15. The standard InChI is InChI=1S/C12H12N2/c1-2-7-11-10(4-1)8-13-12(14-11)9-5-3-6-9/h1-2,4,7-9H,3,5-6H2. The monoisotopic (exact) mass is 184 g/mol. The quantitative estimate of drug-likeness (QED) is 0.681. The Kier molecular flexibility index (Phi) is 1.72. The van der Waals surface area contributed by atoms with Gasteiger partial charge in [0.25, 0.3) is 0 Å². The van der Waals surface area contributed by atoms with Crippen LogP contribution in [0.4, 0.5) is 0 Å². The Balaban J connectivity index is 2.10. The van der Waals surface area contributed by atoms with Crippen LogP contribution < -0.4 is 0 Å².